The number of phosphoric ester groups is 1. The van der Waals surface area contributed by atoms with Crippen molar-refractivity contribution in [2.24, 2.45) is 0 Å². The van der Waals surface area contributed by atoms with Gasteiger partial charge in [-0.3, -0.25) is 18.6 Å². The molecule has 6 unspecified atom stereocenters. The van der Waals surface area contributed by atoms with Crippen molar-refractivity contribution in [3.8, 4) is 0 Å². The lowest BCUT2D eigenvalue weighted by molar-refractivity contribution is -0.220. The molecule has 13 nitrogen and oxygen atoms in total. The van der Waals surface area contributed by atoms with E-state index in [1.54, 1.807) is 0 Å². The first kappa shape index (κ1) is 64.9. The SMILES string of the molecule is CCCCCCCCCCCCCCCCCCCCCCCC(=O)OC[C@@H](COP(=O)(O)OC1C(O)C(O)C(O)[C@H](O)C1O)OC(=O)CCCCCCCCCCCCCCCCCCCC. The third-order valence-corrected chi connectivity index (χ3v) is 14.7. The smallest absolute Gasteiger partial charge is 0.462 e. The Labute approximate surface area is 414 Å². The monoisotopic (exact) mass is 993 g/mol. The van der Waals surface area contributed by atoms with E-state index >= 15 is 0 Å². The molecule has 0 aromatic carbocycles. The van der Waals surface area contributed by atoms with Crippen LogP contribution in [-0.4, -0.2) is 98.3 Å². The first-order chi connectivity index (χ1) is 32.9. The van der Waals surface area contributed by atoms with Gasteiger partial charge < -0.3 is 39.9 Å². The predicted octanol–water partition coefficient (Wildman–Crippen LogP) is 12.8. The number of ether oxygens (including phenoxy) is 2. The molecule has 8 atom stereocenters. The maximum absolute atomic E-state index is 12.9. The van der Waals surface area contributed by atoms with E-state index in [1.165, 1.54) is 199 Å². The van der Waals surface area contributed by atoms with Gasteiger partial charge in [-0.15, -0.1) is 0 Å². The maximum atomic E-state index is 12.9. The van der Waals surface area contributed by atoms with Crippen molar-refractivity contribution in [3.05, 3.63) is 0 Å². The second-order valence-corrected chi connectivity index (χ2v) is 21.6. The second kappa shape index (κ2) is 44.5. The number of hydrogen-bond acceptors (Lipinski definition) is 12. The molecule has 0 spiro atoms. The molecule has 0 heterocycles. The van der Waals surface area contributed by atoms with Crippen LogP contribution < -0.4 is 0 Å². The van der Waals surface area contributed by atoms with Gasteiger partial charge in [-0.1, -0.05) is 251 Å². The van der Waals surface area contributed by atoms with Crippen LogP contribution in [0.5, 0.6) is 0 Å². The number of unbranched alkanes of at least 4 members (excludes halogenated alkanes) is 37. The molecule has 1 rings (SSSR count). The van der Waals surface area contributed by atoms with Crippen molar-refractivity contribution in [3.63, 3.8) is 0 Å². The highest BCUT2D eigenvalue weighted by Crippen LogP contribution is 2.47. The Morgan fingerprint density at radius 3 is 0.971 bits per heavy atom. The lowest BCUT2D eigenvalue weighted by Crippen LogP contribution is -2.64. The van der Waals surface area contributed by atoms with Crippen LogP contribution >= 0.6 is 7.82 Å². The zero-order valence-electron chi connectivity index (χ0n) is 43.4. The van der Waals surface area contributed by atoms with Crippen LogP contribution in [0.1, 0.15) is 277 Å². The van der Waals surface area contributed by atoms with Gasteiger partial charge in [0.05, 0.1) is 6.61 Å². The van der Waals surface area contributed by atoms with Gasteiger partial charge in [0.2, 0.25) is 0 Å². The zero-order valence-corrected chi connectivity index (χ0v) is 44.3. The Bertz CT molecular complexity index is 1190. The minimum absolute atomic E-state index is 0.106. The van der Waals surface area contributed by atoms with Crippen LogP contribution in [0.3, 0.4) is 0 Å². The molecular formula is C54H105O13P. The van der Waals surface area contributed by atoms with Gasteiger partial charge in [0.15, 0.2) is 6.10 Å². The molecule has 0 aliphatic heterocycles. The Morgan fingerprint density at radius 2 is 0.662 bits per heavy atom. The molecule has 14 heteroatoms. The summed E-state index contributed by atoms with van der Waals surface area (Å²) >= 11 is 0. The number of carbonyl (C=O) groups is 2. The summed E-state index contributed by atoms with van der Waals surface area (Å²) in [5, 5.41) is 50.3. The Balaban J connectivity index is 2.32. The summed E-state index contributed by atoms with van der Waals surface area (Å²) in [5.41, 5.74) is 0. The van der Waals surface area contributed by atoms with Gasteiger partial charge in [-0.2, -0.15) is 0 Å². The molecule has 68 heavy (non-hydrogen) atoms. The van der Waals surface area contributed by atoms with E-state index in [9.17, 15) is 44.6 Å². The molecule has 6 N–H and O–H groups in total. The minimum Gasteiger partial charge on any atom is -0.462 e. The fraction of sp³-hybridized carbons (Fsp3) is 0.963. The normalized spacial score (nSPS) is 20.9. The van der Waals surface area contributed by atoms with Crippen LogP contribution in [0.15, 0.2) is 0 Å². The third kappa shape index (κ3) is 35.9. The largest absolute Gasteiger partial charge is 0.472 e. The second-order valence-electron chi connectivity index (χ2n) is 20.2. The van der Waals surface area contributed by atoms with Crippen molar-refractivity contribution in [2.45, 2.75) is 320 Å². The minimum atomic E-state index is -5.12. The summed E-state index contributed by atoms with van der Waals surface area (Å²) in [6.45, 7) is 3.37. The molecule has 0 aromatic heterocycles. The molecule has 0 amide bonds. The van der Waals surface area contributed by atoms with E-state index in [-0.39, 0.29) is 12.8 Å². The number of aliphatic hydroxyl groups is 5. The summed E-state index contributed by atoms with van der Waals surface area (Å²) < 4.78 is 33.7. The van der Waals surface area contributed by atoms with Crippen molar-refractivity contribution in [2.75, 3.05) is 13.2 Å². The first-order valence-electron chi connectivity index (χ1n) is 28.3. The molecule has 0 bridgehead atoms. The van der Waals surface area contributed by atoms with Crippen LogP contribution in [0.2, 0.25) is 0 Å². The Hall–Kier alpha value is -1.15. The van der Waals surface area contributed by atoms with Crippen molar-refractivity contribution < 1.29 is 63.1 Å². The summed E-state index contributed by atoms with van der Waals surface area (Å²) in [5.74, 6) is -1.08. The number of phosphoric acid groups is 1. The predicted molar refractivity (Wildman–Crippen MR) is 272 cm³/mol. The van der Waals surface area contributed by atoms with Crippen molar-refractivity contribution in [1.82, 2.24) is 0 Å². The molecule has 1 saturated carbocycles. The lowest BCUT2D eigenvalue weighted by Gasteiger charge is -2.41. The molecule has 0 saturated heterocycles. The molecule has 0 radical (unpaired) electrons. The zero-order chi connectivity index (χ0) is 49.9. The number of esters is 2. The average Bonchev–Trinajstić information content (AvgIpc) is 3.32. The summed E-state index contributed by atoms with van der Waals surface area (Å²) in [6.07, 6.45) is 35.8. The van der Waals surface area contributed by atoms with Crippen LogP contribution in [0.25, 0.3) is 0 Å². The fourth-order valence-electron chi connectivity index (χ4n) is 9.17. The third-order valence-electron chi connectivity index (χ3n) is 13.7. The molecule has 0 aromatic rings. The lowest BCUT2D eigenvalue weighted by atomic mass is 9.85. The van der Waals surface area contributed by atoms with Crippen LogP contribution in [-0.2, 0) is 32.7 Å². The van der Waals surface area contributed by atoms with E-state index in [2.05, 4.69) is 13.8 Å². The van der Waals surface area contributed by atoms with Gasteiger partial charge in [0.25, 0.3) is 0 Å². The van der Waals surface area contributed by atoms with Gasteiger partial charge in [0.1, 0.15) is 43.2 Å². The van der Waals surface area contributed by atoms with E-state index in [4.69, 9.17) is 18.5 Å². The maximum Gasteiger partial charge on any atom is 0.472 e. The van der Waals surface area contributed by atoms with Crippen LogP contribution in [0.4, 0.5) is 0 Å². The van der Waals surface area contributed by atoms with E-state index < -0.39 is 75.7 Å². The van der Waals surface area contributed by atoms with Gasteiger partial charge in [0, 0.05) is 12.8 Å². The Kier molecular flexibility index (Phi) is 42.5. The van der Waals surface area contributed by atoms with Crippen molar-refractivity contribution >= 4 is 19.8 Å². The number of carbonyl (C=O) groups excluding carboxylic acids is 2. The van der Waals surface area contributed by atoms with Crippen LogP contribution in [0, 0.1) is 0 Å². The molecular weight excluding hydrogens is 888 g/mol. The average molecular weight is 993 g/mol. The quantitative estimate of drug-likeness (QED) is 0.0191. The Morgan fingerprint density at radius 1 is 0.397 bits per heavy atom. The van der Waals surface area contributed by atoms with Crippen molar-refractivity contribution in [1.29, 1.82) is 0 Å². The topological polar surface area (TPSA) is 210 Å². The standard InChI is InChI=1S/C54H105O13P/c1-3-5-7-9-11-13-15-17-19-21-23-24-25-27-28-30-32-34-36-38-40-42-47(55)64-44-46(45-65-68(62,63)67-54-52(60)50(58)49(57)51(59)53(54)61)66-48(56)43-41-39-37-35-33-31-29-26-22-20-18-16-14-12-10-8-6-4-2/h46,49-54,57-61H,3-45H2,1-2H3,(H,62,63)/t46-,49?,50-,51?,52?,53?,54?/m0/s1. The summed E-state index contributed by atoms with van der Waals surface area (Å²) in [4.78, 5) is 35.9. The van der Waals surface area contributed by atoms with Gasteiger partial charge in [-0.05, 0) is 12.8 Å². The fourth-order valence-corrected chi connectivity index (χ4v) is 10.1. The molecule has 1 aliphatic carbocycles. The molecule has 1 fully saturated rings. The summed E-state index contributed by atoms with van der Waals surface area (Å²) in [7, 11) is -5.12. The molecule has 404 valence electrons. The number of hydrogen-bond donors (Lipinski definition) is 6. The van der Waals surface area contributed by atoms with Gasteiger partial charge in [-0.25, -0.2) is 4.57 Å². The number of aliphatic hydroxyl groups excluding tert-OH is 5. The first-order valence-corrected chi connectivity index (χ1v) is 29.8. The van der Waals surface area contributed by atoms with E-state index in [0.717, 1.165) is 38.5 Å². The van der Waals surface area contributed by atoms with Gasteiger partial charge >= 0.3 is 19.8 Å². The number of rotatable bonds is 49. The highest BCUT2D eigenvalue weighted by molar-refractivity contribution is 7.47. The molecule has 1 aliphatic rings. The summed E-state index contributed by atoms with van der Waals surface area (Å²) in [6, 6.07) is 0. The van der Waals surface area contributed by atoms with E-state index in [1.807, 2.05) is 0 Å². The highest BCUT2D eigenvalue weighted by atomic mass is 31.2. The van der Waals surface area contributed by atoms with E-state index in [0.29, 0.717) is 12.8 Å². The highest BCUT2D eigenvalue weighted by Gasteiger charge is 2.51.